The van der Waals surface area contributed by atoms with Gasteiger partial charge in [-0.05, 0) is 42.8 Å². The summed E-state index contributed by atoms with van der Waals surface area (Å²) in [5.74, 6) is 0. The van der Waals surface area contributed by atoms with E-state index in [1.54, 1.807) is 6.20 Å². The first-order chi connectivity index (χ1) is 9.78. The highest BCUT2D eigenvalue weighted by molar-refractivity contribution is 5.94. The van der Waals surface area contributed by atoms with E-state index in [0.717, 1.165) is 27.7 Å². The predicted molar refractivity (Wildman–Crippen MR) is 80.9 cm³/mol. The van der Waals surface area contributed by atoms with Crippen LogP contribution in [0.2, 0.25) is 0 Å². The normalized spacial score (nSPS) is 10.2. The van der Waals surface area contributed by atoms with Crippen molar-refractivity contribution in [3.63, 3.8) is 0 Å². The molecule has 2 aromatic carbocycles. The number of anilines is 2. The van der Waals surface area contributed by atoms with Crippen LogP contribution in [0.1, 0.15) is 11.1 Å². The summed E-state index contributed by atoms with van der Waals surface area (Å²) >= 11 is 0. The van der Waals surface area contributed by atoms with Gasteiger partial charge < -0.3 is 5.32 Å². The van der Waals surface area contributed by atoms with Crippen molar-refractivity contribution in [1.82, 2.24) is 4.98 Å². The van der Waals surface area contributed by atoms with Gasteiger partial charge in [-0.3, -0.25) is 4.98 Å². The summed E-state index contributed by atoms with van der Waals surface area (Å²) in [4.78, 5) is 4.13. The highest BCUT2D eigenvalue weighted by Crippen LogP contribution is 2.26. The summed E-state index contributed by atoms with van der Waals surface area (Å²) in [5.41, 5.74) is 3.69. The molecule has 0 aliphatic heterocycles. The topological polar surface area (TPSA) is 48.7 Å². The number of fused-ring (bicyclic) bond motifs is 1. The molecule has 1 aromatic heterocycles. The van der Waals surface area contributed by atoms with Gasteiger partial charge in [-0.1, -0.05) is 12.1 Å². The molecule has 1 heterocycles. The standard InChI is InChI=1S/C17H13N3/c1-12-9-15(6-5-13(12)10-18)20-17-4-2-3-14-11-19-8-7-16(14)17/h2-9,11,20H,1H3. The van der Waals surface area contributed by atoms with Crippen LogP contribution in [0.15, 0.2) is 54.9 Å². The van der Waals surface area contributed by atoms with Gasteiger partial charge in [-0.25, -0.2) is 0 Å². The maximum absolute atomic E-state index is 8.96. The van der Waals surface area contributed by atoms with Gasteiger partial charge in [0.15, 0.2) is 0 Å². The quantitative estimate of drug-likeness (QED) is 0.751. The third kappa shape index (κ3) is 2.19. The number of hydrogen-bond donors (Lipinski definition) is 1. The van der Waals surface area contributed by atoms with E-state index in [9.17, 15) is 0 Å². The molecule has 3 aromatic rings. The highest BCUT2D eigenvalue weighted by atomic mass is 14.9. The average Bonchev–Trinajstić information content (AvgIpc) is 2.48. The third-order valence-corrected chi connectivity index (χ3v) is 3.31. The van der Waals surface area contributed by atoms with E-state index >= 15 is 0 Å². The van der Waals surface area contributed by atoms with Crippen LogP contribution in [0.3, 0.4) is 0 Å². The molecule has 0 unspecified atom stereocenters. The van der Waals surface area contributed by atoms with Gasteiger partial charge in [0.1, 0.15) is 0 Å². The highest BCUT2D eigenvalue weighted by Gasteiger charge is 2.03. The number of nitrogens with one attached hydrogen (secondary N) is 1. The fourth-order valence-electron chi connectivity index (χ4n) is 2.25. The number of pyridine rings is 1. The number of aromatic nitrogens is 1. The Morgan fingerprint density at radius 1 is 1.15 bits per heavy atom. The Kier molecular flexibility index (Phi) is 3.06. The minimum absolute atomic E-state index is 0.706. The fraction of sp³-hybridized carbons (Fsp3) is 0.0588. The number of rotatable bonds is 2. The molecule has 1 N–H and O–H groups in total. The number of hydrogen-bond acceptors (Lipinski definition) is 3. The first-order valence-corrected chi connectivity index (χ1v) is 6.38. The molecule has 0 aliphatic carbocycles. The van der Waals surface area contributed by atoms with Crippen molar-refractivity contribution in [1.29, 1.82) is 5.26 Å². The maximum atomic E-state index is 8.96. The second-order valence-corrected chi connectivity index (χ2v) is 4.67. The van der Waals surface area contributed by atoms with E-state index in [1.807, 2.05) is 55.6 Å². The van der Waals surface area contributed by atoms with Crippen molar-refractivity contribution in [3.8, 4) is 6.07 Å². The Hall–Kier alpha value is -2.86. The average molecular weight is 259 g/mol. The van der Waals surface area contributed by atoms with Crippen molar-refractivity contribution in [3.05, 3.63) is 66.0 Å². The Bertz CT molecular complexity index is 811. The van der Waals surface area contributed by atoms with E-state index in [-0.39, 0.29) is 0 Å². The second-order valence-electron chi connectivity index (χ2n) is 4.67. The number of benzene rings is 2. The van der Waals surface area contributed by atoms with Crippen molar-refractivity contribution in [2.45, 2.75) is 6.92 Å². The van der Waals surface area contributed by atoms with Gasteiger partial charge in [0.2, 0.25) is 0 Å². The van der Waals surface area contributed by atoms with Gasteiger partial charge in [-0.15, -0.1) is 0 Å². The van der Waals surface area contributed by atoms with Crippen LogP contribution in [0.25, 0.3) is 10.8 Å². The summed E-state index contributed by atoms with van der Waals surface area (Å²) in [6.45, 7) is 1.94. The summed E-state index contributed by atoms with van der Waals surface area (Å²) in [7, 11) is 0. The monoisotopic (exact) mass is 259 g/mol. The fourth-order valence-corrected chi connectivity index (χ4v) is 2.25. The van der Waals surface area contributed by atoms with Crippen molar-refractivity contribution in [2.75, 3.05) is 5.32 Å². The Labute approximate surface area is 117 Å². The van der Waals surface area contributed by atoms with Crippen LogP contribution in [-0.2, 0) is 0 Å². The SMILES string of the molecule is Cc1cc(Nc2cccc3cnccc23)ccc1C#N. The molecule has 0 spiro atoms. The minimum atomic E-state index is 0.706. The smallest absolute Gasteiger partial charge is 0.0994 e. The van der Waals surface area contributed by atoms with Crippen LogP contribution in [0.5, 0.6) is 0 Å². The molecule has 3 nitrogen and oxygen atoms in total. The molecule has 0 amide bonds. The van der Waals surface area contributed by atoms with Gasteiger partial charge in [0, 0.05) is 34.5 Å². The zero-order chi connectivity index (χ0) is 13.9. The lowest BCUT2D eigenvalue weighted by Crippen LogP contribution is -1.93. The molecular weight excluding hydrogens is 246 g/mol. The van der Waals surface area contributed by atoms with Crippen LogP contribution >= 0.6 is 0 Å². The molecule has 0 fully saturated rings. The lowest BCUT2D eigenvalue weighted by molar-refractivity contribution is 1.36. The zero-order valence-corrected chi connectivity index (χ0v) is 11.1. The van der Waals surface area contributed by atoms with E-state index in [2.05, 4.69) is 16.4 Å². The maximum Gasteiger partial charge on any atom is 0.0994 e. The van der Waals surface area contributed by atoms with Gasteiger partial charge in [0.05, 0.1) is 11.6 Å². The molecule has 0 radical (unpaired) electrons. The second kappa shape index (κ2) is 5.02. The van der Waals surface area contributed by atoms with E-state index < -0.39 is 0 Å². The molecule has 0 saturated heterocycles. The van der Waals surface area contributed by atoms with E-state index in [0.29, 0.717) is 5.56 Å². The van der Waals surface area contributed by atoms with Crippen molar-refractivity contribution in [2.24, 2.45) is 0 Å². The molecule has 0 atom stereocenters. The van der Waals surface area contributed by atoms with Gasteiger partial charge in [0.25, 0.3) is 0 Å². The van der Waals surface area contributed by atoms with E-state index in [1.165, 1.54) is 0 Å². The molecular formula is C17H13N3. The molecule has 0 bridgehead atoms. The first kappa shape index (κ1) is 12.2. The third-order valence-electron chi connectivity index (χ3n) is 3.31. The molecule has 0 aliphatic rings. The minimum Gasteiger partial charge on any atom is -0.355 e. The summed E-state index contributed by atoms with van der Waals surface area (Å²) in [6.07, 6.45) is 3.64. The van der Waals surface area contributed by atoms with E-state index in [4.69, 9.17) is 5.26 Å². The predicted octanol–water partition coefficient (Wildman–Crippen LogP) is 4.16. The van der Waals surface area contributed by atoms with Crippen molar-refractivity contribution >= 4 is 22.1 Å². The first-order valence-electron chi connectivity index (χ1n) is 6.38. The number of nitriles is 1. The molecule has 20 heavy (non-hydrogen) atoms. The van der Waals surface area contributed by atoms with Gasteiger partial charge >= 0.3 is 0 Å². The van der Waals surface area contributed by atoms with Gasteiger partial charge in [-0.2, -0.15) is 5.26 Å². The Morgan fingerprint density at radius 2 is 2.05 bits per heavy atom. The summed E-state index contributed by atoms with van der Waals surface area (Å²) < 4.78 is 0. The number of aryl methyl sites for hydroxylation is 1. The molecule has 96 valence electrons. The molecule has 0 saturated carbocycles. The Balaban J connectivity index is 2.02. The lowest BCUT2D eigenvalue weighted by atomic mass is 10.1. The Morgan fingerprint density at radius 3 is 2.85 bits per heavy atom. The molecule has 3 heteroatoms. The van der Waals surface area contributed by atoms with Crippen LogP contribution in [0.4, 0.5) is 11.4 Å². The number of nitrogens with zero attached hydrogens (tertiary/aromatic N) is 2. The lowest BCUT2D eigenvalue weighted by Gasteiger charge is -2.10. The summed E-state index contributed by atoms with van der Waals surface area (Å²) in [6, 6.07) is 16.0. The molecule has 3 rings (SSSR count). The zero-order valence-electron chi connectivity index (χ0n) is 11.1. The van der Waals surface area contributed by atoms with Crippen LogP contribution < -0.4 is 5.32 Å². The van der Waals surface area contributed by atoms with Crippen LogP contribution in [-0.4, -0.2) is 4.98 Å². The largest absolute Gasteiger partial charge is 0.355 e. The summed E-state index contributed by atoms with van der Waals surface area (Å²) in [5, 5.41) is 14.6. The van der Waals surface area contributed by atoms with Crippen LogP contribution in [0, 0.1) is 18.3 Å². The van der Waals surface area contributed by atoms with Crippen molar-refractivity contribution < 1.29 is 0 Å².